The summed E-state index contributed by atoms with van der Waals surface area (Å²) >= 11 is 0. The van der Waals surface area contributed by atoms with Gasteiger partial charge < -0.3 is 19.5 Å². The van der Waals surface area contributed by atoms with Gasteiger partial charge in [-0.1, -0.05) is 0 Å². The summed E-state index contributed by atoms with van der Waals surface area (Å²) in [6.07, 6.45) is 0.385. The Labute approximate surface area is 143 Å². The Balaban J connectivity index is 2.09. The van der Waals surface area contributed by atoms with E-state index in [0.717, 1.165) is 0 Å². The van der Waals surface area contributed by atoms with Crippen LogP contribution in [-0.2, 0) is 9.47 Å². The highest BCUT2D eigenvalue weighted by atomic mass is 16.6. The van der Waals surface area contributed by atoms with Crippen molar-refractivity contribution in [2.45, 2.75) is 77.2 Å². The van der Waals surface area contributed by atoms with Crippen LogP contribution in [0.15, 0.2) is 0 Å². The Kier molecular flexibility index (Phi) is 4.78. The summed E-state index contributed by atoms with van der Waals surface area (Å²) in [6.45, 7) is 11.8. The van der Waals surface area contributed by atoms with Crippen LogP contribution in [0.4, 0.5) is 9.59 Å². The van der Waals surface area contributed by atoms with Crippen LogP contribution in [0.1, 0.15) is 54.4 Å². The molecule has 2 aliphatic rings. The second-order valence-corrected chi connectivity index (χ2v) is 8.72. The maximum Gasteiger partial charge on any atom is 0.410 e. The van der Waals surface area contributed by atoms with Gasteiger partial charge in [0.25, 0.3) is 0 Å². The van der Waals surface area contributed by atoms with Gasteiger partial charge in [0.15, 0.2) is 0 Å². The predicted molar refractivity (Wildman–Crippen MR) is 88.7 cm³/mol. The summed E-state index contributed by atoms with van der Waals surface area (Å²) in [4.78, 5) is 27.9. The third-order valence-electron chi connectivity index (χ3n) is 4.04. The summed E-state index contributed by atoms with van der Waals surface area (Å²) in [5.41, 5.74) is -2.11. The van der Waals surface area contributed by atoms with Crippen molar-refractivity contribution in [2.24, 2.45) is 0 Å². The second-order valence-electron chi connectivity index (χ2n) is 8.72. The molecule has 0 aromatic heterocycles. The number of piperazine rings is 1. The van der Waals surface area contributed by atoms with E-state index < -0.39 is 35.0 Å². The van der Waals surface area contributed by atoms with Gasteiger partial charge >= 0.3 is 12.2 Å². The predicted octanol–water partition coefficient (Wildman–Crippen LogP) is 2.37. The van der Waals surface area contributed by atoms with Gasteiger partial charge in [0.05, 0.1) is 11.6 Å². The van der Waals surface area contributed by atoms with Gasteiger partial charge in [-0.3, -0.25) is 4.90 Å². The molecule has 24 heavy (non-hydrogen) atoms. The Bertz CT molecular complexity index is 502. The van der Waals surface area contributed by atoms with Crippen LogP contribution in [0.25, 0.3) is 0 Å². The molecule has 7 nitrogen and oxygen atoms in total. The molecule has 1 aliphatic heterocycles. The fourth-order valence-electron chi connectivity index (χ4n) is 2.74. The average molecular weight is 342 g/mol. The minimum absolute atomic E-state index is 0.255. The van der Waals surface area contributed by atoms with Gasteiger partial charge in [-0.05, 0) is 54.4 Å². The number of ether oxygens (including phenoxy) is 2. The molecule has 1 aliphatic carbocycles. The quantitative estimate of drug-likeness (QED) is 0.791. The van der Waals surface area contributed by atoms with E-state index in [9.17, 15) is 14.7 Å². The summed E-state index contributed by atoms with van der Waals surface area (Å²) < 4.78 is 10.9. The van der Waals surface area contributed by atoms with Gasteiger partial charge in [-0.15, -0.1) is 0 Å². The smallest absolute Gasteiger partial charge is 0.410 e. The van der Waals surface area contributed by atoms with Crippen molar-refractivity contribution >= 4 is 12.2 Å². The molecule has 0 aromatic rings. The molecule has 0 spiro atoms. The van der Waals surface area contributed by atoms with E-state index in [1.807, 2.05) is 41.5 Å². The van der Waals surface area contributed by atoms with E-state index in [1.54, 1.807) is 9.80 Å². The first-order valence-electron chi connectivity index (χ1n) is 8.51. The van der Waals surface area contributed by atoms with Crippen molar-refractivity contribution in [3.05, 3.63) is 0 Å². The molecule has 1 saturated carbocycles. The van der Waals surface area contributed by atoms with E-state index >= 15 is 0 Å². The van der Waals surface area contributed by atoms with E-state index in [2.05, 4.69) is 0 Å². The number of hydrogen-bond donors (Lipinski definition) is 1. The summed E-state index contributed by atoms with van der Waals surface area (Å²) in [5.74, 6) is 0. The first-order chi connectivity index (χ1) is 10.8. The lowest BCUT2D eigenvalue weighted by Crippen LogP contribution is -2.62. The Morgan fingerprint density at radius 2 is 1.46 bits per heavy atom. The highest BCUT2D eigenvalue weighted by Crippen LogP contribution is 2.42. The van der Waals surface area contributed by atoms with Crippen molar-refractivity contribution in [3.63, 3.8) is 0 Å². The number of amides is 2. The van der Waals surface area contributed by atoms with Gasteiger partial charge in [0.1, 0.15) is 11.2 Å². The van der Waals surface area contributed by atoms with E-state index in [-0.39, 0.29) is 6.54 Å². The van der Waals surface area contributed by atoms with E-state index in [4.69, 9.17) is 9.47 Å². The van der Waals surface area contributed by atoms with Crippen molar-refractivity contribution < 1.29 is 24.2 Å². The minimum Gasteiger partial charge on any atom is -0.444 e. The van der Waals surface area contributed by atoms with Crippen molar-refractivity contribution in [2.75, 3.05) is 19.6 Å². The largest absolute Gasteiger partial charge is 0.444 e. The Morgan fingerprint density at radius 1 is 0.958 bits per heavy atom. The molecular weight excluding hydrogens is 312 g/mol. The molecule has 2 rings (SSSR count). The van der Waals surface area contributed by atoms with Gasteiger partial charge in [-0.25, -0.2) is 9.59 Å². The normalized spacial score (nSPS) is 23.7. The fraction of sp³-hybridized carbons (Fsp3) is 0.882. The zero-order valence-electron chi connectivity index (χ0n) is 15.6. The summed E-state index contributed by atoms with van der Waals surface area (Å²) in [5, 5.41) is 10.6. The van der Waals surface area contributed by atoms with Crippen molar-refractivity contribution in [3.8, 4) is 0 Å². The minimum atomic E-state index is -0.933. The zero-order valence-corrected chi connectivity index (χ0v) is 15.6. The van der Waals surface area contributed by atoms with Gasteiger partial charge in [-0.2, -0.15) is 0 Å². The van der Waals surface area contributed by atoms with Crippen LogP contribution >= 0.6 is 0 Å². The lowest BCUT2D eigenvalue weighted by Gasteiger charge is -2.43. The molecule has 7 heteroatoms. The van der Waals surface area contributed by atoms with Crippen LogP contribution in [-0.4, -0.2) is 69.6 Å². The highest BCUT2D eigenvalue weighted by Gasteiger charge is 2.54. The van der Waals surface area contributed by atoms with Crippen LogP contribution < -0.4 is 0 Å². The van der Waals surface area contributed by atoms with Crippen molar-refractivity contribution in [1.82, 2.24) is 9.80 Å². The summed E-state index contributed by atoms with van der Waals surface area (Å²) in [6, 6.07) is -0.464. The molecule has 0 bridgehead atoms. The highest BCUT2D eigenvalue weighted by molar-refractivity contribution is 5.71. The van der Waals surface area contributed by atoms with Crippen LogP contribution in [0.2, 0.25) is 0 Å². The number of carbonyl (C=O) groups excluding carboxylic acids is 2. The molecule has 1 saturated heterocycles. The van der Waals surface area contributed by atoms with Gasteiger partial charge in [0.2, 0.25) is 0 Å². The van der Waals surface area contributed by atoms with Gasteiger partial charge in [0, 0.05) is 19.6 Å². The number of rotatable bonds is 1. The van der Waals surface area contributed by atoms with Crippen molar-refractivity contribution in [1.29, 1.82) is 0 Å². The maximum absolute atomic E-state index is 12.5. The Hall–Kier alpha value is -1.50. The zero-order chi connectivity index (χ0) is 18.3. The molecule has 1 atom stereocenters. The number of aliphatic hydroxyl groups is 1. The topological polar surface area (TPSA) is 79.3 Å². The molecule has 1 N–H and O–H groups in total. The van der Waals surface area contributed by atoms with Crippen LogP contribution in [0, 0.1) is 0 Å². The first kappa shape index (κ1) is 18.8. The van der Waals surface area contributed by atoms with Crippen LogP contribution in [0.5, 0.6) is 0 Å². The summed E-state index contributed by atoms with van der Waals surface area (Å²) in [7, 11) is 0. The third kappa shape index (κ3) is 4.75. The average Bonchev–Trinajstić information content (AvgIpc) is 3.13. The SMILES string of the molecule is CC(C)(C)OC(=O)N1CCN(C(=O)OC(C)(C)C)C(C2(O)CC2)C1. The Morgan fingerprint density at radius 3 is 1.92 bits per heavy atom. The lowest BCUT2D eigenvalue weighted by molar-refractivity contribution is -0.0464. The molecule has 2 amide bonds. The number of carbonyl (C=O) groups is 2. The van der Waals surface area contributed by atoms with E-state index in [0.29, 0.717) is 25.9 Å². The number of hydrogen-bond acceptors (Lipinski definition) is 5. The van der Waals surface area contributed by atoms with E-state index in [1.165, 1.54) is 0 Å². The monoisotopic (exact) mass is 342 g/mol. The molecule has 1 unspecified atom stereocenters. The molecule has 0 aromatic carbocycles. The maximum atomic E-state index is 12.5. The molecule has 138 valence electrons. The number of nitrogens with zero attached hydrogens (tertiary/aromatic N) is 2. The molecule has 0 radical (unpaired) electrons. The molecular formula is C17H30N2O5. The second kappa shape index (κ2) is 6.10. The first-order valence-corrected chi connectivity index (χ1v) is 8.51. The lowest BCUT2D eigenvalue weighted by atomic mass is 10.0. The molecule has 1 heterocycles. The van der Waals surface area contributed by atoms with Crippen LogP contribution in [0.3, 0.4) is 0 Å². The fourth-order valence-corrected chi connectivity index (χ4v) is 2.74. The third-order valence-corrected chi connectivity index (χ3v) is 4.04. The molecule has 2 fully saturated rings. The standard InChI is InChI=1S/C17H30N2O5/c1-15(2,3)23-13(20)18-9-10-19(14(21)24-16(4,5)6)12(11-18)17(22)7-8-17/h12,22H,7-11H2,1-6H3.